The van der Waals surface area contributed by atoms with Crippen molar-refractivity contribution >= 4 is 28.3 Å². The Morgan fingerprint density at radius 2 is 2.05 bits per heavy atom. The summed E-state index contributed by atoms with van der Waals surface area (Å²) in [5.41, 5.74) is 0.523. The molecular formula is C15H13ClN4O. The highest BCUT2D eigenvalue weighted by Crippen LogP contribution is 2.23. The molecule has 1 aromatic carbocycles. The fourth-order valence-corrected chi connectivity index (χ4v) is 2.38. The van der Waals surface area contributed by atoms with E-state index in [4.69, 9.17) is 11.6 Å². The van der Waals surface area contributed by atoms with E-state index in [0.717, 1.165) is 16.6 Å². The summed E-state index contributed by atoms with van der Waals surface area (Å²) in [5, 5.41) is 4.84. The van der Waals surface area contributed by atoms with Crippen LogP contribution in [0.5, 0.6) is 0 Å². The number of amides is 1. The largest absolute Gasteiger partial charge is 0.352 e. The fraction of sp³-hybridized carbons (Fsp3) is 0.133. The lowest BCUT2D eigenvalue weighted by atomic mass is 10.1. The van der Waals surface area contributed by atoms with E-state index in [9.17, 15) is 4.79 Å². The summed E-state index contributed by atoms with van der Waals surface area (Å²) >= 11 is 6.05. The van der Waals surface area contributed by atoms with E-state index in [0.29, 0.717) is 23.7 Å². The molecule has 2 heterocycles. The lowest BCUT2D eigenvalue weighted by Crippen LogP contribution is -2.26. The van der Waals surface area contributed by atoms with Crippen LogP contribution in [0.25, 0.3) is 10.8 Å². The van der Waals surface area contributed by atoms with Gasteiger partial charge in [0.15, 0.2) is 0 Å². The smallest absolute Gasteiger partial charge is 0.253 e. The molecule has 0 unspecified atom stereocenters. The molecule has 0 bridgehead atoms. The maximum Gasteiger partial charge on any atom is 0.253 e. The number of hydrogen-bond acceptors (Lipinski definition) is 3. The van der Waals surface area contributed by atoms with Crippen LogP contribution < -0.4 is 5.32 Å². The lowest BCUT2D eigenvalue weighted by Gasteiger charge is -2.08. The number of nitrogens with zero attached hydrogens (tertiary/aromatic N) is 2. The van der Waals surface area contributed by atoms with Gasteiger partial charge in [0, 0.05) is 36.9 Å². The molecule has 1 amide bonds. The molecule has 0 saturated carbocycles. The molecular weight excluding hydrogens is 288 g/mol. The summed E-state index contributed by atoms with van der Waals surface area (Å²) in [7, 11) is 0. The van der Waals surface area contributed by atoms with Crippen LogP contribution in [-0.4, -0.2) is 27.4 Å². The van der Waals surface area contributed by atoms with Gasteiger partial charge in [-0.3, -0.25) is 4.79 Å². The summed E-state index contributed by atoms with van der Waals surface area (Å²) in [5.74, 6) is 0.677. The van der Waals surface area contributed by atoms with Gasteiger partial charge in [-0.05, 0) is 5.39 Å². The molecule has 5 nitrogen and oxygen atoms in total. The number of carbonyl (C=O) groups excluding carboxylic acids is 1. The van der Waals surface area contributed by atoms with Crippen molar-refractivity contribution in [3.8, 4) is 0 Å². The van der Waals surface area contributed by atoms with Gasteiger partial charge in [-0.2, -0.15) is 0 Å². The first-order valence-corrected chi connectivity index (χ1v) is 6.93. The number of H-pyrrole nitrogens is 1. The molecule has 0 atom stereocenters. The number of pyridine rings is 1. The lowest BCUT2D eigenvalue weighted by molar-refractivity contribution is 0.0955. The molecule has 0 fully saturated rings. The number of nitrogens with one attached hydrogen (secondary N) is 2. The van der Waals surface area contributed by atoms with E-state index in [-0.39, 0.29) is 5.91 Å². The van der Waals surface area contributed by atoms with Crippen LogP contribution in [0, 0.1) is 0 Å². The number of halogens is 1. The molecule has 2 aromatic heterocycles. The number of fused-ring (bicyclic) bond motifs is 1. The van der Waals surface area contributed by atoms with E-state index < -0.39 is 0 Å². The number of carbonyl (C=O) groups is 1. The fourth-order valence-electron chi connectivity index (χ4n) is 2.16. The monoisotopic (exact) mass is 300 g/mol. The van der Waals surface area contributed by atoms with E-state index in [1.807, 2.05) is 24.3 Å². The highest BCUT2D eigenvalue weighted by atomic mass is 35.5. The van der Waals surface area contributed by atoms with E-state index in [1.54, 1.807) is 12.4 Å². The van der Waals surface area contributed by atoms with Crippen LogP contribution in [0.15, 0.2) is 42.9 Å². The van der Waals surface area contributed by atoms with Gasteiger partial charge < -0.3 is 10.3 Å². The van der Waals surface area contributed by atoms with Crippen LogP contribution in [0.1, 0.15) is 16.2 Å². The van der Waals surface area contributed by atoms with Crippen molar-refractivity contribution in [2.24, 2.45) is 0 Å². The van der Waals surface area contributed by atoms with Gasteiger partial charge in [0.1, 0.15) is 11.0 Å². The van der Waals surface area contributed by atoms with Crippen molar-refractivity contribution in [2.45, 2.75) is 6.42 Å². The van der Waals surface area contributed by atoms with E-state index in [2.05, 4.69) is 20.3 Å². The minimum absolute atomic E-state index is 0.165. The first kappa shape index (κ1) is 13.6. The first-order valence-electron chi connectivity index (χ1n) is 6.55. The SMILES string of the molecule is O=C(NCCc1ncc[nH]1)c1cnc(Cl)c2ccccc12. The molecule has 106 valence electrons. The number of benzene rings is 1. The summed E-state index contributed by atoms with van der Waals surface area (Å²) in [6, 6.07) is 7.46. The molecule has 0 aliphatic rings. The summed E-state index contributed by atoms with van der Waals surface area (Å²) in [4.78, 5) is 23.5. The third-order valence-corrected chi connectivity index (χ3v) is 3.49. The zero-order valence-corrected chi connectivity index (χ0v) is 11.9. The predicted octanol–water partition coefficient (Wildman–Crippen LogP) is 2.58. The maximum absolute atomic E-state index is 12.3. The quantitative estimate of drug-likeness (QED) is 0.728. The van der Waals surface area contributed by atoms with Gasteiger partial charge in [0.05, 0.1) is 5.56 Å². The Morgan fingerprint density at radius 3 is 2.81 bits per heavy atom. The number of imidazole rings is 1. The predicted molar refractivity (Wildman–Crippen MR) is 81.4 cm³/mol. The Kier molecular flexibility index (Phi) is 3.83. The Labute approximate surface area is 126 Å². The third kappa shape index (κ3) is 2.87. The molecule has 0 aliphatic heterocycles. The Hall–Kier alpha value is -2.40. The molecule has 0 spiro atoms. The third-order valence-electron chi connectivity index (χ3n) is 3.19. The molecule has 6 heteroatoms. The van der Waals surface area contributed by atoms with Gasteiger partial charge >= 0.3 is 0 Å². The Bertz CT molecular complexity index is 770. The average molecular weight is 301 g/mol. The van der Waals surface area contributed by atoms with Gasteiger partial charge in [0.2, 0.25) is 0 Å². The number of aromatic nitrogens is 3. The second-order valence-corrected chi connectivity index (χ2v) is 4.91. The first-order chi connectivity index (χ1) is 10.3. The normalized spacial score (nSPS) is 10.7. The molecule has 21 heavy (non-hydrogen) atoms. The van der Waals surface area contributed by atoms with E-state index >= 15 is 0 Å². The Morgan fingerprint density at radius 1 is 1.24 bits per heavy atom. The minimum atomic E-state index is -0.165. The number of rotatable bonds is 4. The van der Waals surface area contributed by atoms with E-state index in [1.165, 1.54) is 6.20 Å². The van der Waals surface area contributed by atoms with Crippen molar-refractivity contribution in [3.63, 3.8) is 0 Å². The van der Waals surface area contributed by atoms with Crippen LogP contribution in [0.2, 0.25) is 5.15 Å². The zero-order valence-electron chi connectivity index (χ0n) is 11.1. The van der Waals surface area contributed by atoms with Crippen LogP contribution in [0.4, 0.5) is 0 Å². The summed E-state index contributed by atoms with van der Waals surface area (Å²) in [6.45, 7) is 0.503. The molecule has 0 radical (unpaired) electrons. The van der Waals surface area contributed by atoms with Gasteiger partial charge in [0.25, 0.3) is 5.91 Å². The van der Waals surface area contributed by atoms with Crippen molar-refractivity contribution in [1.82, 2.24) is 20.3 Å². The minimum Gasteiger partial charge on any atom is -0.352 e. The molecule has 2 N–H and O–H groups in total. The van der Waals surface area contributed by atoms with Gasteiger partial charge in [-0.1, -0.05) is 35.9 Å². The van der Waals surface area contributed by atoms with Crippen LogP contribution in [-0.2, 0) is 6.42 Å². The summed E-state index contributed by atoms with van der Waals surface area (Å²) < 4.78 is 0. The van der Waals surface area contributed by atoms with Gasteiger partial charge in [-0.15, -0.1) is 0 Å². The molecule has 0 aliphatic carbocycles. The van der Waals surface area contributed by atoms with Gasteiger partial charge in [-0.25, -0.2) is 9.97 Å². The second kappa shape index (κ2) is 5.93. The summed E-state index contributed by atoms with van der Waals surface area (Å²) in [6.07, 6.45) is 5.60. The molecule has 0 saturated heterocycles. The topological polar surface area (TPSA) is 70.7 Å². The standard InChI is InChI=1S/C15H13ClN4O/c16-14-11-4-2-1-3-10(11)12(9-20-14)15(21)19-6-5-13-17-7-8-18-13/h1-4,7-9H,5-6H2,(H,17,18)(H,19,21). The van der Waals surface area contributed by atoms with Crippen LogP contribution >= 0.6 is 11.6 Å². The van der Waals surface area contributed by atoms with Crippen molar-refractivity contribution in [1.29, 1.82) is 0 Å². The highest BCUT2D eigenvalue weighted by Gasteiger charge is 2.12. The zero-order chi connectivity index (χ0) is 14.7. The van der Waals surface area contributed by atoms with Crippen molar-refractivity contribution in [3.05, 3.63) is 59.4 Å². The second-order valence-electron chi connectivity index (χ2n) is 4.55. The average Bonchev–Trinajstić information content (AvgIpc) is 3.01. The number of hydrogen-bond donors (Lipinski definition) is 2. The number of aromatic amines is 1. The van der Waals surface area contributed by atoms with Crippen molar-refractivity contribution < 1.29 is 4.79 Å². The highest BCUT2D eigenvalue weighted by molar-refractivity contribution is 6.34. The van der Waals surface area contributed by atoms with Crippen LogP contribution in [0.3, 0.4) is 0 Å². The molecule has 3 rings (SSSR count). The molecule has 3 aromatic rings. The Balaban J connectivity index is 1.77. The van der Waals surface area contributed by atoms with Crippen molar-refractivity contribution in [2.75, 3.05) is 6.54 Å². The maximum atomic E-state index is 12.3.